The van der Waals surface area contributed by atoms with Gasteiger partial charge in [0.15, 0.2) is 0 Å². The van der Waals surface area contributed by atoms with Crippen molar-refractivity contribution in [2.45, 2.75) is 11.3 Å². The first-order valence-corrected chi connectivity index (χ1v) is 7.66. The summed E-state index contributed by atoms with van der Waals surface area (Å²) in [7, 11) is 2.31. The highest BCUT2D eigenvalue weighted by Crippen LogP contribution is 2.16. The van der Waals surface area contributed by atoms with Gasteiger partial charge in [0, 0.05) is 17.1 Å². The fourth-order valence-corrected chi connectivity index (χ4v) is 3.18. The number of rotatable bonds is 5. The molecule has 1 aliphatic heterocycles. The first-order valence-electron chi connectivity index (χ1n) is 6.67. The van der Waals surface area contributed by atoms with Crippen molar-refractivity contribution in [2.75, 3.05) is 45.5 Å². The zero-order valence-corrected chi connectivity index (χ0v) is 11.6. The number of thioether (sulfide) groups is 1. The van der Waals surface area contributed by atoms with Crippen LogP contribution in [0.4, 0.5) is 0 Å². The van der Waals surface area contributed by atoms with Crippen molar-refractivity contribution >= 4 is 11.8 Å². The Bertz CT molecular complexity index is 307. The Morgan fingerprint density at radius 3 is 2.47 bits per heavy atom. The summed E-state index contributed by atoms with van der Waals surface area (Å²) in [6.45, 7) is 6.78. The van der Waals surface area contributed by atoms with Gasteiger partial charge in [-0.2, -0.15) is 0 Å². The van der Waals surface area contributed by atoms with Crippen molar-refractivity contribution in [2.24, 2.45) is 0 Å². The Morgan fingerprint density at radius 1 is 1.06 bits per heavy atom. The molecule has 1 saturated heterocycles. The molecular formula is C14H24N2S+2. The monoisotopic (exact) mass is 252 g/mol. The molecule has 1 aromatic carbocycles. The summed E-state index contributed by atoms with van der Waals surface area (Å²) in [6, 6.07) is 10.7. The molecule has 2 rings (SSSR count). The second kappa shape index (κ2) is 7.04. The van der Waals surface area contributed by atoms with Gasteiger partial charge in [-0.1, -0.05) is 18.2 Å². The first-order chi connectivity index (χ1) is 8.34. The summed E-state index contributed by atoms with van der Waals surface area (Å²) in [5.74, 6) is 1.26. The molecule has 2 N–H and O–H groups in total. The highest BCUT2D eigenvalue weighted by Gasteiger charge is 2.18. The Hall–Kier alpha value is -0.510. The maximum atomic E-state index is 2.31. The Labute approximate surface area is 109 Å². The summed E-state index contributed by atoms with van der Waals surface area (Å²) in [4.78, 5) is 4.92. The molecule has 94 valence electrons. The third-order valence-corrected chi connectivity index (χ3v) is 4.60. The minimum atomic E-state index is 1.26. The molecule has 3 heteroatoms. The third kappa shape index (κ3) is 4.70. The number of nitrogens with one attached hydrogen (secondary N) is 2. The molecule has 2 nitrogen and oxygen atoms in total. The first kappa shape index (κ1) is 12.9. The number of benzene rings is 1. The molecule has 1 aromatic rings. The van der Waals surface area contributed by atoms with Gasteiger partial charge in [0.05, 0.1) is 13.6 Å². The van der Waals surface area contributed by atoms with E-state index in [1.165, 1.54) is 49.8 Å². The number of likely N-dealkylation sites (N-methyl/N-ethyl adjacent to an activating group) is 1. The van der Waals surface area contributed by atoms with Crippen molar-refractivity contribution in [1.82, 2.24) is 0 Å². The van der Waals surface area contributed by atoms with Crippen LogP contribution >= 0.6 is 11.8 Å². The Kier molecular flexibility index (Phi) is 5.36. The van der Waals surface area contributed by atoms with E-state index in [0.717, 1.165) is 0 Å². The van der Waals surface area contributed by atoms with Gasteiger partial charge in [0.1, 0.15) is 26.2 Å². The topological polar surface area (TPSA) is 8.88 Å². The number of hydrogen-bond acceptors (Lipinski definition) is 1. The van der Waals surface area contributed by atoms with Gasteiger partial charge in [0.2, 0.25) is 0 Å². The zero-order chi connectivity index (χ0) is 11.9. The largest absolute Gasteiger partial charge is 0.328 e. The van der Waals surface area contributed by atoms with Gasteiger partial charge in [-0.25, -0.2) is 0 Å². The van der Waals surface area contributed by atoms with Gasteiger partial charge in [-0.3, -0.25) is 0 Å². The predicted octanol–water partition coefficient (Wildman–Crippen LogP) is -0.418. The average molecular weight is 252 g/mol. The third-order valence-electron chi connectivity index (χ3n) is 3.50. The lowest BCUT2D eigenvalue weighted by Gasteiger charge is -2.27. The quantitative estimate of drug-likeness (QED) is 0.535. The van der Waals surface area contributed by atoms with Gasteiger partial charge >= 0.3 is 0 Å². The van der Waals surface area contributed by atoms with Crippen LogP contribution in [0.2, 0.25) is 0 Å². The molecule has 0 unspecified atom stereocenters. The minimum absolute atomic E-state index is 1.26. The molecule has 1 heterocycles. The SMILES string of the molecule is C[NH+]1CC[NH+](CCCSc2ccccc2)CC1. The minimum Gasteiger partial charge on any atom is -0.328 e. The Balaban J connectivity index is 1.57. The molecule has 0 aromatic heterocycles. The maximum Gasteiger partial charge on any atom is 0.127 e. The normalized spacial score (nSPS) is 24.8. The number of quaternary nitrogens is 2. The smallest absolute Gasteiger partial charge is 0.127 e. The van der Waals surface area contributed by atoms with Gasteiger partial charge in [0.25, 0.3) is 0 Å². The number of piperazine rings is 1. The van der Waals surface area contributed by atoms with E-state index in [4.69, 9.17) is 0 Å². The summed E-state index contributed by atoms with van der Waals surface area (Å²) in [5, 5.41) is 0. The second-order valence-electron chi connectivity index (χ2n) is 4.97. The summed E-state index contributed by atoms with van der Waals surface area (Å²) >= 11 is 1.99. The Morgan fingerprint density at radius 2 is 1.76 bits per heavy atom. The van der Waals surface area contributed by atoms with Crippen LogP contribution in [0.3, 0.4) is 0 Å². The van der Waals surface area contributed by atoms with E-state index >= 15 is 0 Å². The molecule has 0 aliphatic carbocycles. The molecule has 17 heavy (non-hydrogen) atoms. The van der Waals surface area contributed by atoms with Gasteiger partial charge < -0.3 is 9.80 Å². The van der Waals surface area contributed by atoms with Crippen LogP contribution in [0.5, 0.6) is 0 Å². The second-order valence-corrected chi connectivity index (χ2v) is 6.14. The molecule has 0 saturated carbocycles. The average Bonchev–Trinajstić information content (AvgIpc) is 2.38. The van der Waals surface area contributed by atoms with E-state index in [2.05, 4.69) is 37.4 Å². The highest BCUT2D eigenvalue weighted by molar-refractivity contribution is 7.99. The van der Waals surface area contributed by atoms with Crippen molar-refractivity contribution in [3.05, 3.63) is 30.3 Å². The van der Waals surface area contributed by atoms with E-state index in [-0.39, 0.29) is 0 Å². The number of hydrogen-bond donors (Lipinski definition) is 2. The summed E-state index contributed by atoms with van der Waals surface area (Å²) in [6.07, 6.45) is 1.34. The fraction of sp³-hybridized carbons (Fsp3) is 0.571. The lowest BCUT2D eigenvalue weighted by Crippen LogP contribution is -3.27. The van der Waals surface area contributed by atoms with Crippen LogP contribution in [0, 0.1) is 0 Å². The van der Waals surface area contributed by atoms with Crippen molar-refractivity contribution in [3.8, 4) is 0 Å². The molecule has 0 bridgehead atoms. The molecular weight excluding hydrogens is 228 g/mol. The molecule has 0 spiro atoms. The van der Waals surface area contributed by atoms with E-state index in [0.29, 0.717) is 0 Å². The molecule has 1 fully saturated rings. The van der Waals surface area contributed by atoms with Gasteiger partial charge in [-0.05, 0) is 12.1 Å². The predicted molar refractivity (Wildman–Crippen MR) is 74.0 cm³/mol. The molecule has 0 atom stereocenters. The van der Waals surface area contributed by atoms with Crippen molar-refractivity contribution in [1.29, 1.82) is 0 Å². The zero-order valence-electron chi connectivity index (χ0n) is 10.7. The van der Waals surface area contributed by atoms with Crippen LogP contribution in [0.1, 0.15) is 6.42 Å². The highest BCUT2D eigenvalue weighted by atomic mass is 32.2. The van der Waals surface area contributed by atoms with Crippen molar-refractivity contribution < 1.29 is 9.80 Å². The van der Waals surface area contributed by atoms with E-state index < -0.39 is 0 Å². The van der Waals surface area contributed by atoms with Crippen LogP contribution < -0.4 is 9.80 Å². The van der Waals surface area contributed by atoms with E-state index in [9.17, 15) is 0 Å². The summed E-state index contributed by atoms with van der Waals surface area (Å²) < 4.78 is 0. The molecule has 0 radical (unpaired) electrons. The van der Waals surface area contributed by atoms with E-state index in [1.807, 2.05) is 16.7 Å². The van der Waals surface area contributed by atoms with Crippen LogP contribution in [0.15, 0.2) is 35.2 Å². The molecule has 1 aliphatic rings. The van der Waals surface area contributed by atoms with Crippen molar-refractivity contribution in [3.63, 3.8) is 0 Å². The lowest BCUT2D eigenvalue weighted by molar-refractivity contribution is -1.00. The van der Waals surface area contributed by atoms with E-state index in [1.54, 1.807) is 4.90 Å². The van der Waals surface area contributed by atoms with Crippen LogP contribution in [0.25, 0.3) is 0 Å². The fourth-order valence-electron chi connectivity index (χ4n) is 2.31. The van der Waals surface area contributed by atoms with Crippen LogP contribution in [-0.4, -0.2) is 45.5 Å². The maximum absolute atomic E-state index is 2.31. The van der Waals surface area contributed by atoms with Crippen LogP contribution in [-0.2, 0) is 0 Å². The van der Waals surface area contributed by atoms with Gasteiger partial charge in [-0.15, -0.1) is 11.8 Å². The standard InChI is InChI=1S/C14H22N2S/c1-15-9-11-16(12-10-15)8-5-13-17-14-6-3-2-4-7-14/h2-4,6-7H,5,8-13H2,1H3/p+2. The lowest BCUT2D eigenvalue weighted by atomic mass is 10.3. The summed E-state index contributed by atoms with van der Waals surface area (Å²) in [5.41, 5.74) is 0. The molecule has 0 amide bonds.